The summed E-state index contributed by atoms with van der Waals surface area (Å²) in [6, 6.07) is 4.52. The van der Waals surface area contributed by atoms with Gasteiger partial charge in [-0.1, -0.05) is 22.9 Å². The van der Waals surface area contributed by atoms with Crippen molar-refractivity contribution < 1.29 is 27.4 Å². The van der Waals surface area contributed by atoms with E-state index in [1.807, 2.05) is 0 Å². The summed E-state index contributed by atoms with van der Waals surface area (Å²) in [5.74, 6) is -0.389. The van der Waals surface area contributed by atoms with Gasteiger partial charge in [0, 0.05) is 11.6 Å². The monoisotopic (exact) mass is 461 g/mol. The summed E-state index contributed by atoms with van der Waals surface area (Å²) in [6.45, 7) is 0.836. The van der Waals surface area contributed by atoms with Crippen molar-refractivity contribution in [1.82, 2.24) is 9.78 Å². The lowest BCUT2D eigenvalue weighted by Crippen LogP contribution is -2.29. The molecule has 2 fully saturated rings. The number of halogens is 4. The molecule has 0 spiro atoms. The number of methoxy groups -OCH3 is 1. The Labute approximate surface area is 179 Å². The normalized spacial score (nSPS) is 21.1. The third kappa shape index (κ3) is 4.00. The molecule has 0 N–H and O–H groups in total. The first-order chi connectivity index (χ1) is 14.2. The molecule has 1 amide bonds. The maximum absolute atomic E-state index is 13.6. The summed E-state index contributed by atoms with van der Waals surface area (Å²) in [5.41, 5.74) is -1.82. The highest BCUT2D eigenvalue weighted by Crippen LogP contribution is 2.58. The maximum Gasteiger partial charge on any atom is 0.400 e. The first-order valence-electron chi connectivity index (χ1n) is 9.43. The van der Waals surface area contributed by atoms with Gasteiger partial charge in [0.05, 0.1) is 25.3 Å². The van der Waals surface area contributed by atoms with Gasteiger partial charge in [-0.15, -0.1) is 0 Å². The largest absolute Gasteiger partial charge is 0.496 e. The van der Waals surface area contributed by atoms with Crippen molar-refractivity contribution in [2.24, 2.45) is 4.99 Å². The molecule has 2 heterocycles. The highest BCUT2D eigenvalue weighted by atomic mass is 35.5. The molecule has 6 nitrogen and oxygen atoms in total. The number of carbonyl (C=O) groups excluding carboxylic acids is 1. The van der Waals surface area contributed by atoms with E-state index in [4.69, 9.17) is 21.1 Å². The van der Waals surface area contributed by atoms with Crippen LogP contribution in [0.4, 0.5) is 13.2 Å². The van der Waals surface area contributed by atoms with Crippen LogP contribution in [-0.4, -0.2) is 41.7 Å². The van der Waals surface area contributed by atoms with Gasteiger partial charge in [-0.25, -0.2) is 4.68 Å². The summed E-state index contributed by atoms with van der Waals surface area (Å²) in [7, 11) is 1.41. The predicted octanol–water partition coefficient (Wildman–Crippen LogP) is 4.12. The molecule has 1 saturated carbocycles. The smallest absolute Gasteiger partial charge is 0.400 e. The average Bonchev–Trinajstić information content (AvgIpc) is 3.21. The number of benzene rings is 1. The van der Waals surface area contributed by atoms with Gasteiger partial charge in [0.15, 0.2) is 0 Å². The van der Waals surface area contributed by atoms with Crippen molar-refractivity contribution in [3.05, 3.63) is 38.6 Å². The van der Waals surface area contributed by atoms with E-state index in [-0.39, 0.29) is 46.6 Å². The molecule has 2 aliphatic rings. The van der Waals surface area contributed by atoms with E-state index in [0.717, 1.165) is 24.2 Å². The molecular weight excluding hydrogens is 443 g/mol. The highest BCUT2D eigenvalue weighted by Gasteiger charge is 2.66. The fraction of sp³-hybridized carbons (Fsp3) is 0.526. The van der Waals surface area contributed by atoms with Gasteiger partial charge >= 0.3 is 6.18 Å². The van der Waals surface area contributed by atoms with Crippen molar-refractivity contribution in [2.45, 2.75) is 49.9 Å². The standard InChI is InChI=1S/C19H19ClF3N3O3S/c1-28-14-5-4-11(20)9-13(14)15(27)24-17-26(10-12-3-2-8-29-12)25-16(30-17)18(6-7-18)19(21,22)23/h4-5,9,12H,2-3,6-8,10H2,1H3/b24-17-/t12-/m1/s1. The quantitative estimate of drug-likeness (QED) is 0.672. The highest BCUT2D eigenvalue weighted by molar-refractivity contribution is 7.09. The lowest BCUT2D eigenvalue weighted by atomic mass is 10.1. The second-order valence-corrected chi connectivity index (χ2v) is 8.74. The lowest BCUT2D eigenvalue weighted by Gasteiger charge is -2.15. The fourth-order valence-electron chi connectivity index (χ4n) is 3.42. The first-order valence-corrected chi connectivity index (χ1v) is 10.6. The Hall–Kier alpha value is -1.91. The van der Waals surface area contributed by atoms with Crippen molar-refractivity contribution in [2.75, 3.05) is 13.7 Å². The van der Waals surface area contributed by atoms with Crippen molar-refractivity contribution in [1.29, 1.82) is 0 Å². The lowest BCUT2D eigenvalue weighted by molar-refractivity contribution is -0.160. The minimum Gasteiger partial charge on any atom is -0.496 e. The second-order valence-electron chi connectivity index (χ2n) is 7.35. The van der Waals surface area contributed by atoms with Gasteiger partial charge in [0.2, 0.25) is 4.80 Å². The topological polar surface area (TPSA) is 65.7 Å². The molecule has 4 rings (SSSR count). The van der Waals surface area contributed by atoms with Crippen LogP contribution >= 0.6 is 22.9 Å². The van der Waals surface area contributed by atoms with Crippen LogP contribution in [0.2, 0.25) is 5.02 Å². The number of rotatable bonds is 5. The summed E-state index contributed by atoms with van der Waals surface area (Å²) < 4.78 is 52.9. The van der Waals surface area contributed by atoms with Crippen molar-refractivity contribution in [3.8, 4) is 5.75 Å². The maximum atomic E-state index is 13.6. The van der Waals surface area contributed by atoms with Crippen LogP contribution in [0.1, 0.15) is 41.0 Å². The molecule has 1 aromatic heterocycles. The summed E-state index contributed by atoms with van der Waals surface area (Å²) in [6.07, 6.45) is -2.95. The molecule has 2 aromatic rings. The average molecular weight is 462 g/mol. The van der Waals surface area contributed by atoms with Crippen LogP contribution < -0.4 is 9.54 Å². The van der Waals surface area contributed by atoms with Gasteiger partial charge in [0.25, 0.3) is 5.91 Å². The van der Waals surface area contributed by atoms with E-state index in [2.05, 4.69) is 10.1 Å². The second kappa shape index (κ2) is 7.97. The van der Waals surface area contributed by atoms with Crippen LogP contribution in [0, 0.1) is 0 Å². The summed E-state index contributed by atoms with van der Waals surface area (Å²) >= 11 is 6.78. The van der Waals surface area contributed by atoms with Crippen LogP contribution in [0.25, 0.3) is 0 Å². The molecule has 0 unspecified atom stereocenters. The molecule has 1 saturated heterocycles. The van der Waals surface area contributed by atoms with E-state index in [1.165, 1.54) is 23.9 Å². The molecular formula is C19H19ClF3N3O3S. The Morgan fingerprint density at radius 2 is 2.23 bits per heavy atom. The number of ether oxygens (including phenoxy) is 2. The van der Waals surface area contributed by atoms with Gasteiger partial charge < -0.3 is 9.47 Å². The van der Waals surface area contributed by atoms with Crippen LogP contribution in [0.5, 0.6) is 5.75 Å². The summed E-state index contributed by atoms with van der Waals surface area (Å²) in [4.78, 5) is 17.0. The Morgan fingerprint density at radius 3 is 2.83 bits per heavy atom. The Bertz CT molecular complexity index is 1020. The summed E-state index contributed by atoms with van der Waals surface area (Å²) in [5, 5.41) is 4.46. The molecule has 1 aliphatic carbocycles. The molecule has 0 radical (unpaired) electrons. The molecule has 1 aromatic carbocycles. The minimum atomic E-state index is -4.40. The number of carbonyl (C=O) groups is 1. The first kappa shape index (κ1) is 21.3. The minimum absolute atomic E-state index is 0.0144. The number of hydrogen-bond donors (Lipinski definition) is 0. The van der Waals surface area contributed by atoms with Crippen LogP contribution in [0.3, 0.4) is 0 Å². The number of amides is 1. The van der Waals surface area contributed by atoms with Crippen LogP contribution in [0.15, 0.2) is 23.2 Å². The zero-order valence-electron chi connectivity index (χ0n) is 16.0. The van der Waals surface area contributed by atoms with Gasteiger partial charge in [-0.05, 0) is 43.9 Å². The van der Waals surface area contributed by atoms with Gasteiger partial charge in [-0.2, -0.15) is 23.3 Å². The molecule has 162 valence electrons. The fourth-order valence-corrected chi connectivity index (χ4v) is 4.77. The zero-order valence-corrected chi connectivity index (χ0v) is 17.6. The SMILES string of the molecule is COc1ccc(Cl)cc1C(=O)/N=c1\sc(C2(C(F)(F)F)CC2)nn1C[C@H]1CCCO1. The molecule has 30 heavy (non-hydrogen) atoms. The third-order valence-electron chi connectivity index (χ3n) is 5.31. The molecule has 11 heteroatoms. The third-order valence-corrected chi connectivity index (χ3v) is 6.70. The van der Waals surface area contributed by atoms with E-state index < -0.39 is 17.5 Å². The molecule has 0 bridgehead atoms. The predicted molar refractivity (Wildman–Crippen MR) is 104 cm³/mol. The van der Waals surface area contributed by atoms with Crippen molar-refractivity contribution in [3.63, 3.8) is 0 Å². The number of nitrogens with zero attached hydrogens (tertiary/aromatic N) is 3. The van der Waals surface area contributed by atoms with Crippen molar-refractivity contribution >= 4 is 28.8 Å². The van der Waals surface area contributed by atoms with E-state index >= 15 is 0 Å². The Morgan fingerprint density at radius 1 is 1.47 bits per heavy atom. The van der Waals surface area contributed by atoms with Gasteiger partial charge in [0.1, 0.15) is 16.2 Å². The number of aromatic nitrogens is 2. The zero-order chi connectivity index (χ0) is 21.5. The van der Waals surface area contributed by atoms with Crippen LogP contribution in [-0.2, 0) is 16.7 Å². The van der Waals surface area contributed by atoms with E-state index in [1.54, 1.807) is 6.07 Å². The number of alkyl halides is 3. The Kier molecular flexibility index (Phi) is 5.67. The van der Waals surface area contributed by atoms with E-state index in [9.17, 15) is 18.0 Å². The molecule has 1 aliphatic heterocycles. The molecule has 1 atom stereocenters. The van der Waals surface area contributed by atoms with E-state index in [0.29, 0.717) is 11.6 Å². The Balaban J connectivity index is 1.76. The van der Waals surface area contributed by atoms with Gasteiger partial charge in [-0.3, -0.25) is 4.79 Å². The number of hydrogen-bond acceptors (Lipinski definition) is 5.